The van der Waals surface area contributed by atoms with E-state index in [1.807, 2.05) is 0 Å². The van der Waals surface area contributed by atoms with E-state index in [-0.39, 0.29) is 11.5 Å². The lowest BCUT2D eigenvalue weighted by atomic mass is 9.71. The number of carbonyl (C=O) groups excluding carboxylic acids is 1. The molecule has 1 aromatic rings. The molecule has 0 saturated heterocycles. The predicted octanol–water partition coefficient (Wildman–Crippen LogP) is 1.39. The third kappa shape index (κ3) is 1.02. The standard InChI is InChI=1S/C12H10O3/c1-3-10(15-2)12(14)9-7-5-4-6-8(9)11(12)13/h4-7,14H,1H2,2H3/t12-/m0/s1. The molecule has 1 atom stereocenters. The molecule has 0 heterocycles. The maximum absolute atomic E-state index is 11.7. The molecule has 2 rings (SSSR count). The van der Waals surface area contributed by atoms with Gasteiger partial charge in [-0.2, -0.15) is 0 Å². The highest BCUT2D eigenvalue weighted by Crippen LogP contribution is 2.43. The number of ether oxygens (including phenoxy) is 1. The number of rotatable bonds is 2. The predicted molar refractivity (Wildman–Crippen MR) is 54.3 cm³/mol. The molecule has 0 fully saturated rings. The van der Waals surface area contributed by atoms with Gasteiger partial charge in [-0.3, -0.25) is 4.79 Å². The average Bonchev–Trinajstić information content (AvgIpc) is 2.30. The highest BCUT2D eigenvalue weighted by Gasteiger charge is 2.54. The highest BCUT2D eigenvalue weighted by atomic mass is 16.5. The summed E-state index contributed by atoms with van der Waals surface area (Å²) in [6.45, 7) is 3.39. The Balaban J connectivity index is 2.60. The first-order chi connectivity index (χ1) is 7.16. The van der Waals surface area contributed by atoms with Crippen LogP contribution in [0.15, 0.2) is 42.3 Å². The van der Waals surface area contributed by atoms with Crippen LogP contribution in [0.5, 0.6) is 0 Å². The Bertz CT molecular complexity index is 483. The second kappa shape index (κ2) is 3.09. The van der Waals surface area contributed by atoms with Gasteiger partial charge < -0.3 is 9.84 Å². The Kier molecular flexibility index (Phi) is 2.00. The summed E-state index contributed by atoms with van der Waals surface area (Å²) in [5.41, 5.74) is 1.81. The number of carbonyl (C=O) groups is 1. The molecule has 0 aliphatic heterocycles. The van der Waals surface area contributed by atoms with Gasteiger partial charge >= 0.3 is 0 Å². The molecule has 3 nitrogen and oxygen atoms in total. The Labute approximate surface area is 87.3 Å². The van der Waals surface area contributed by atoms with Gasteiger partial charge in [-0.1, -0.05) is 36.6 Å². The normalized spacial score (nSPS) is 22.4. The first-order valence-electron chi connectivity index (χ1n) is 4.47. The lowest BCUT2D eigenvalue weighted by Gasteiger charge is -2.36. The number of ketones is 1. The summed E-state index contributed by atoms with van der Waals surface area (Å²) < 4.78 is 4.91. The molecule has 0 saturated carbocycles. The first kappa shape index (κ1) is 9.71. The minimum Gasteiger partial charge on any atom is -0.489 e. The van der Waals surface area contributed by atoms with Crippen molar-refractivity contribution in [3.8, 4) is 0 Å². The lowest BCUT2D eigenvalue weighted by molar-refractivity contribution is 0.00927. The summed E-state index contributed by atoms with van der Waals surface area (Å²) in [4.78, 5) is 11.7. The van der Waals surface area contributed by atoms with Gasteiger partial charge in [0, 0.05) is 11.1 Å². The number of benzene rings is 1. The number of fused-ring (bicyclic) bond motifs is 1. The zero-order chi connectivity index (χ0) is 11.1. The molecule has 0 amide bonds. The Morgan fingerprint density at radius 1 is 1.53 bits per heavy atom. The molecule has 1 aliphatic carbocycles. The molecule has 0 spiro atoms. The smallest absolute Gasteiger partial charge is 0.219 e. The maximum atomic E-state index is 11.7. The van der Waals surface area contributed by atoms with Crippen molar-refractivity contribution in [2.24, 2.45) is 0 Å². The molecule has 3 heteroatoms. The lowest BCUT2D eigenvalue weighted by Crippen LogP contribution is -2.48. The molecule has 0 radical (unpaired) electrons. The molecule has 1 N–H and O–H groups in total. The average molecular weight is 202 g/mol. The minimum atomic E-state index is -1.69. The molecule has 1 aromatic carbocycles. The van der Waals surface area contributed by atoms with Gasteiger partial charge in [0.1, 0.15) is 0 Å². The Hall–Kier alpha value is -1.83. The molecular formula is C12H10O3. The van der Waals surface area contributed by atoms with Crippen LogP contribution in [0.2, 0.25) is 0 Å². The van der Waals surface area contributed by atoms with Crippen LogP contribution in [0.3, 0.4) is 0 Å². The van der Waals surface area contributed by atoms with Gasteiger partial charge in [0.15, 0.2) is 5.76 Å². The number of hydrogen-bond acceptors (Lipinski definition) is 3. The minimum absolute atomic E-state index is 0.0474. The quantitative estimate of drug-likeness (QED) is 0.582. The van der Waals surface area contributed by atoms with Crippen LogP contribution in [0.4, 0.5) is 0 Å². The highest BCUT2D eigenvalue weighted by molar-refractivity contribution is 6.14. The Morgan fingerprint density at radius 3 is 2.80 bits per heavy atom. The third-order valence-electron chi connectivity index (χ3n) is 2.58. The van der Waals surface area contributed by atoms with E-state index in [9.17, 15) is 9.90 Å². The van der Waals surface area contributed by atoms with Crippen LogP contribution >= 0.6 is 0 Å². The van der Waals surface area contributed by atoms with Crippen LogP contribution < -0.4 is 0 Å². The van der Waals surface area contributed by atoms with E-state index in [0.717, 1.165) is 0 Å². The molecule has 0 bridgehead atoms. The van der Waals surface area contributed by atoms with Crippen LogP contribution in [-0.2, 0) is 10.3 Å². The number of Topliss-reactive ketones (excluding diaryl/α,β-unsaturated/α-hetero) is 1. The van der Waals surface area contributed by atoms with E-state index in [0.29, 0.717) is 11.1 Å². The van der Waals surface area contributed by atoms with E-state index < -0.39 is 5.60 Å². The summed E-state index contributed by atoms with van der Waals surface area (Å²) in [7, 11) is 1.37. The van der Waals surface area contributed by atoms with Gasteiger partial charge in [-0.25, -0.2) is 0 Å². The fourth-order valence-corrected chi connectivity index (χ4v) is 1.82. The van der Waals surface area contributed by atoms with E-state index in [1.54, 1.807) is 24.3 Å². The van der Waals surface area contributed by atoms with Gasteiger partial charge in [0.05, 0.1) is 7.11 Å². The zero-order valence-corrected chi connectivity index (χ0v) is 8.28. The summed E-state index contributed by atoms with van der Waals surface area (Å²) in [6, 6.07) is 6.86. The van der Waals surface area contributed by atoms with E-state index in [2.05, 4.69) is 12.3 Å². The molecule has 1 aliphatic rings. The van der Waals surface area contributed by atoms with Crippen molar-refractivity contribution in [2.45, 2.75) is 5.60 Å². The molecule has 76 valence electrons. The van der Waals surface area contributed by atoms with Gasteiger partial charge in [0.25, 0.3) is 0 Å². The number of aliphatic hydroxyl groups is 1. The van der Waals surface area contributed by atoms with Crippen LogP contribution in [-0.4, -0.2) is 18.0 Å². The largest absolute Gasteiger partial charge is 0.489 e. The van der Waals surface area contributed by atoms with E-state index in [4.69, 9.17) is 4.74 Å². The van der Waals surface area contributed by atoms with E-state index in [1.165, 1.54) is 7.11 Å². The van der Waals surface area contributed by atoms with Crippen molar-refractivity contribution in [1.82, 2.24) is 0 Å². The fourth-order valence-electron chi connectivity index (χ4n) is 1.82. The van der Waals surface area contributed by atoms with Crippen molar-refractivity contribution in [1.29, 1.82) is 0 Å². The molecule has 15 heavy (non-hydrogen) atoms. The molecule has 0 unspecified atom stereocenters. The van der Waals surface area contributed by atoms with Crippen molar-refractivity contribution < 1.29 is 14.6 Å². The van der Waals surface area contributed by atoms with Crippen LogP contribution in [0.1, 0.15) is 15.9 Å². The first-order valence-corrected chi connectivity index (χ1v) is 4.47. The van der Waals surface area contributed by atoms with Crippen molar-refractivity contribution in [3.05, 3.63) is 53.5 Å². The number of hydrogen-bond donors (Lipinski definition) is 1. The summed E-state index contributed by atoms with van der Waals surface area (Å²) in [6.07, 6.45) is 0. The van der Waals surface area contributed by atoms with Gasteiger partial charge in [-0.05, 0) is 0 Å². The van der Waals surface area contributed by atoms with Crippen LogP contribution in [0, 0.1) is 0 Å². The van der Waals surface area contributed by atoms with Gasteiger partial charge in [0.2, 0.25) is 11.4 Å². The summed E-state index contributed by atoms with van der Waals surface area (Å²) >= 11 is 0. The second-order valence-electron chi connectivity index (χ2n) is 3.30. The Morgan fingerprint density at radius 2 is 2.20 bits per heavy atom. The fraction of sp³-hybridized carbons (Fsp3) is 0.167. The maximum Gasteiger partial charge on any atom is 0.219 e. The van der Waals surface area contributed by atoms with Crippen LogP contribution in [0.25, 0.3) is 0 Å². The van der Waals surface area contributed by atoms with E-state index >= 15 is 0 Å². The number of methoxy groups -OCH3 is 1. The molecular weight excluding hydrogens is 192 g/mol. The summed E-state index contributed by atoms with van der Waals surface area (Å²) in [5.74, 6) is -0.322. The topological polar surface area (TPSA) is 46.5 Å². The van der Waals surface area contributed by atoms with Crippen molar-refractivity contribution >= 4 is 5.78 Å². The zero-order valence-electron chi connectivity index (χ0n) is 8.28. The van der Waals surface area contributed by atoms with Gasteiger partial charge in [-0.15, -0.1) is 0 Å². The second-order valence-corrected chi connectivity index (χ2v) is 3.30. The summed E-state index contributed by atoms with van der Waals surface area (Å²) in [5, 5.41) is 10.2. The molecule has 0 aromatic heterocycles. The SMILES string of the molecule is C=C=C(OC)[C@]1(O)C(=O)c2ccccc21. The monoisotopic (exact) mass is 202 g/mol. The van der Waals surface area contributed by atoms with Crippen molar-refractivity contribution in [3.63, 3.8) is 0 Å². The van der Waals surface area contributed by atoms with Crippen molar-refractivity contribution in [2.75, 3.05) is 7.11 Å². The third-order valence-corrected chi connectivity index (χ3v) is 2.58.